The summed E-state index contributed by atoms with van der Waals surface area (Å²) in [7, 11) is 3.13. The first-order valence-corrected chi connectivity index (χ1v) is 6.21. The molecule has 0 amide bonds. The van der Waals surface area contributed by atoms with Crippen molar-refractivity contribution in [2.24, 2.45) is 0 Å². The van der Waals surface area contributed by atoms with Crippen molar-refractivity contribution in [1.29, 1.82) is 0 Å². The number of aliphatic carboxylic acids is 1. The lowest BCUT2D eigenvalue weighted by molar-refractivity contribution is -0.144. The van der Waals surface area contributed by atoms with E-state index in [1.54, 1.807) is 32.4 Å². The average molecular weight is 266 g/mol. The lowest BCUT2D eigenvalue weighted by atomic mass is 9.77. The maximum absolute atomic E-state index is 10.9. The molecule has 0 atom stereocenters. The lowest BCUT2D eigenvalue weighted by Gasteiger charge is -2.40. The molecule has 5 nitrogen and oxygen atoms in total. The minimum absolute atomic E-state index is 0.0204. The predicted molar refractivity (Wildman–Crippen MR) is 69.0 cm³/mol. The predicted octanol–water partition coefficient (Wildman–Crippen LogP) is 2.48. The van der Waals surface area contributed by atoms with Crippen LogP contribution in [-0.4, -0.2) is 30.9 Å². The Morgan fingerprint density at radius 1 is 1.16 bits per heavy atom. The van der Waals surface area contributed by atoms with Crippen molar-refractivity contribution in [3.8, 4) is 17.2 Å². The van der Waals surface area contributed by atoms with Gasteiger partial charge in [0, 0.05) is 18.2 Å². The number of rotatable bonds is 6. The number of carboxylic acid groups (broad SMARTS) is 1. The summed E-state index contributed by atoms with van der Waals surface area (Å²) < 4.78 is 16.2. The number of methoxy groups -OCH3 is 2. The van der Waals surface area contributed by atoms with Crippen LogP contribution in [0.25, 0.3) is 0 Å². The fourth-order valence-electron chi connectivity index (χ4n) is 2.25. The first-order valence-electron chi connectivity index (χ1n) is 6.21. The normalized spacial score (nSPS) is 16.3. The van der Waals surface area contributed by atoms with Crippen molar-refractivity contribution in [1.82, 2.24) is 0 Å². The molecule has 0 aliphatic heterocycles. The zero-order valence-electron chi connectivity index (χ0n) is 11.1. The Balaban J connectivity index is 2.19. The van der Waals surface area contributed by atoms with Crippen molar-refractivity contribution < 1.29 is 24.1 Å². The first-order chi connectivity index (χ1) is 9.07. The summed E-state index contributed by atoms with van der Waals surface area (Å²) in [5, 5.41) is 8.96. The molecule has 104 valence electrons. The van der Waals surface area contributed by atoms with E-state index in [1.165, 1.54) is 0 Å². The maximum Gasteiger partial charge on any atom is 0.307 e. The molecule has 0 unspecified atom stereocenters. The highest BCUT2D eigenvalue weighted by molar-refractivity contribution is 5.68. The van der Waals surface area contributed by atoms with E-state index in [-0.39, 0.29) is 6.42 Å². The smallest absolute Gasteiger partial charge is 0.307 e. The third kappa shape index (κ3) is 3.10. The van der Waals surface area contributed by atoms with Gasteiger partial charge in [-0.3, -0.25) is 4.79 Å². The molecule has 1 aromatic carbocycles. The van der Waals surface area contributed by atoms with Crippen LogP contribution in [0.1, 0.15) is 25.7 Å². The van der Waals surface area contributed by atoms with E-state index in [1.807, 2.05) is 0 Å². The maximum atomic E-state index is 10.9. The molecule has 0 aromatic heterocycles. The van der Waals surface area contributed by atoms with E-state index < -0.39 is 11.6 Å². The fraction of sp³-hybridized carbons (Fsp3) is 0.500. The van der Waals surface area contributed by atoms with E-state index in [9.17, 15) is 4.79 Å². The SMILES string of the molecule is COc1cc(OC)cc(OC2(CC(=O)O)CCC2)c1. The third-order valence-electron chi connectivity index (χ3n) is 3.40. The van der Waals surface area contributed by atoms with Crippen LogP contribution in [-0.2, 0) is 4.79 Å². The zero-order chi connectivity index (χ0) is 13.9. The number of carbonyl (C=O) groups is 1. The van der Waals surface area contributed by atoms with E-state index in [2.05, 4.69) is 0 Å². The quantitative estimate of drug-likeness (QED) is 0.856. The van der Waals surface area contributed by atoms with Gasteiger partial charge < -0.3 is 19.3 Å². The van der Waals surface area contributed by atoms with Crippen LogP contribution < -0.4 is 14.2 Å². The van der Waals surface area contributed by atoms with Gasteiger partial charge in [-0.2, -0.15) is 0 Å². The standard InChI is InChI=1S/C14H18O5/c1-17-10-6-11(18-2)8-12(7-10)19-14(4-3-5-14)9-13(15)16/h6-8H,3-5,9H2,1-2H3,(H,15,16). The molecule has 0 radical (unpaired) electrons. The average Bonchev–Trinajstić information content (AvgIpc) is 2.35. The molecule has 1 N–H and O–H groups in total. The van der Waals surface area contributed by atoms with Crippen molar-refractivity contribution in [3.63, 3.8) is 0 Å². The minimum atomic E-state index is -0.838. The Morgan fingerprint density at radius 3 is 2.05 bits per heavy atom. The van der Waals surface area contributed by atoms with Crippen LogP contribution in [0.4, 0.5) is 0 Å². The minimum Gasteiger partial charge on any atom is -0.496 e. The van der Waals surface area contributed by atoms with Gasteiger partial charge in [-0.15, -0.1) is 0 Å². The van der Waals surface area contributed by atoms with Crippen molar-refractivity contribution in [2.45, 2.75) is 31.3 Å². The second kappa shape index (κ2) is 5.38. The second-order valence-corrected chi connectivity index (χ2v) is 4.76. The van der Waals surface area contributed by atoms with E-state index in [4.69, 9.17) is 19.3 Å². The topological polar surface area (TPSA) is 65.0 Å². The molecule has 1 saturated carbocycles. The zero-order valence-corrected chi connectivity index (χ0v) is 11.1. The van der Waals surface area contributed by atoms with Crippen LogP contribution in [0.5, 0.6) is 17.2 Å². The number of hydrogen-bond donors (Lipinski definition) is 1. The first kappa shape index (κ1) is 13.5. The molecule has 1 aromatic rings. The van der Waals surface area contributed by atoms with Crippen molar-refractivity contribution >= 4 is 5.97 Å². The van der Waals surface area contributed by atoms with Crippen LogP contribution in [0, 0.1) is 0 Å². The molecule has 0 bridgehead atoms. The van der Waals surface area contributed by atoms with Crippen molar-refractivity contribution in [2.75, 3.05) is 14.2 Å². The molecule has 19 heavy (non-hydrogen) atoms. The van der Waals surface area contributed by atoms with E-state index in [0.29, 0.717) is 17.2 Å². The highest BCUT2D eigenvalue weighted by Gasteiger charge is 2.41. The highest BCUT2D eigenvalue weighted by Crippen LogP contribution is 2.41. The summed E-state index contributed by atoms with van der Waals surface area (Å²) in [4.78, 5) is 10.9. The number of ether oxygens (including phenoxy) is 3. The monoisotopic (exact) mass is 266 g/mol. The van der Waals surface area contributed by atoms with Crippen molar-refractivity contribution in [3.05, 3.63) is 18.2 Å². The Bertz CT molecular complexity index is 443. The number of hydrogen-bond acceptors (Lipinski definition) is 4. The summed E-state index contributed by atoms with van der Waals surface area (Å²) in [6, 6.07) is 5.23. The summed E-state index contributed by atoms with van der Waals surface area (Å²) in [5.41, 5.74) is -0.580. The van der Waals surface area contributed by atoms with Gasteiger partial charge in [-0.05, 0) is 19.3 Å². The van der Waals surface area contributed by atoms with Gasteiger partial charge in [0.1, 0.15) is 22.8 Å². The van der Waals surface area contributed by atoms with Gasteiger partial charge in [0.15, 0.2) is 0 Å². The van der Waals surface area contributed by atoms with Crippen LogP contribution in [0.15, 0.2) is 18.2 Å². The van der Waals surface area contributed by atoms with E-state index >= 15 is 0 Å². The number of benzene rings is 1. The van der Waals surface area contributed by atoms with Gasteiger partial charge >= 0.3 is 5.97 Å². The summed E-state index contributed by atoms with van der Waals surface area (Å²) in [6.07, 6.45) is 2.54. The van der Waals surface area contributed by atoms with Gasteiger partial charge in [0.05, 0.1) is 20.6 Å². The van der Waals surface area contributed by atoms with Crippen LogP contribution in [0.2, 0.25) is 0 Å². The molecule has 1 aliphatic rings. The molecule has 1 fully saturated rings. The molecule has 0 saturated heterocycles. The summed E-state index contributed by atoms with van der Waals surface area (Å²) in [5.74, 6) is 0.991. The molecule has 0 spiro atoms. The number of carboxylic acids is 1. The summed E-state index contributed by atoms with van der Waals surface area (Å²) >= 11 is 0. The largest absolute Gasteiger partial charge is 0.496 e. The van der Waals surface area contributed by atoms with Crippen LogP contribution >= 0.6 is 0 Å². The fourth-order valence-corrected chi connectivity index (χ4v) is 2.25. The Hall–Kier alpha value is -1.91. The Kier molecular flexibility index (Phi) is 3.83. The molecular weight excluding hydrogens is 248 g/mol. The highest BCUT2D eigenvalue weighted by atomic mass is 16.5. The van der Waals surface area contributed by atoms with E-state index in [0.717, 1.165) is 19.3 Å². The molecule has 2 rings (SSSR count). The molecule has 0 heterocycles. The van der Waals surface area contributed by atoms with Gasteiger partial charge in [-0.25, -0.2) is 0 Å². The van der Waals surface area contributed by atoms with Gasteiger partial charge in [0.2, 0.25) is 0 Å². The third-order valence-corrected chi connectivity index (χ3v) is 3.40. The van der Waals surface area contributed by atoms with Gasteiger partial charge in [-0.1, -0.05) is 0 Å². The molecule has 1 aliphatic carbocycles. The lowest BCUT2D eigenvalue weighted by Crippen LogP contribution is -2.45. The Morgan fingerprint density at radius 2 is 1.68 bits per heavy atom. The molecule has 5 heteroatoms. The Labute approximate surface area is 112 Å². The summed E-state index contributed by atoms with van der Waals surface area (Å²) in [6.45, 7) is 0. The van der Waals surface area contributed by atoms with Crippen LogP contribution in [0.3, 0.4) is 0 Å². The van der Waals surface area contributed by atoms with Gasteiger partial charge in [0.25, 0.3) is 0 Å². The molecular formula is C14H18O5. The second-order valence-electron chi connectivity index (χ2n) is 4.76.